The van der Waals surface area contributed by atoms with Gasteiger partial charge in [0.15, 0.2) is 0 Å². The van der Waals surface area contributed by atoms with Crippen LogP contribution in [0.25, 0.3) is 0 Å². The molecule has 110 valence electrons. The second kappa shape index (κ2) is 6.76. The van der Waals surface area contributed by atoms with E-state index in [1.807, 2.05) is 43.3 Å². The van der Waals surface area contributed by atoms with Crippen LogP contribution in [0, 0.1) is 0 Å². The molecule has 21 heavy (non-hydrogen) atoms. The van der Waals surface area contributed by atoms with E-state index in [-0.39, 0.29) is 17.7 Å². The van der Waals surface area contributed by atoms with Gasteiger partial charge in [0.05, 0.1) is 12.5 Å². The summed E-state index contributed by atoms with van der Waals surface area (Å²) >= 11 is 3.41. The van der Waals surface area contributed by atoms with Crippen molar-refractivity contribution >= 4 is 21.8 Å². The molecule has 1 N–H and O–H groups in total. The summed E-state index contributed by atoms with van der Waals surface area (Å²) in [6.07, 6.45) is 0.373. The van der Waals surface area contributed by atoms with Crippen LogP contribution in [0.1, 0.15) is 24.1 Å². The highest BCUT2D eigenvalue weighted by molar-refractivity contribution is 9.10. The molecule has 4 heteroatoms. The number of nitrogens with zero attached hydrogens (tertiary/aromatic N) is 1. The van der Waals surface area contributed by atoms with Crippen LogP contribution in [0.5, 0.6) is 5.75 Å². The van der Waals surface area contributed by atoms with Crippen molar-refractivity contribution in [2.75, 3.05) is 7.05 Å². The van der Waals surface area contributed by atoms with Crippen molar-refractivity contribution in [1.29, 1.82) is 0 Å². The monoisotopic (exact) mass is 347 g/mol. The number of amides is 1. The van der Waals surface area contributed by atoms with Gasteiger partial charge in [-0.15, -0.1) is 0 Å². The zero-order valence-corrected chi connectivity index (χ0v) is 13.7. The SMILES string of the molecule is CC(c1ccc(O)cc1)N(C)C(=O)Cc1cccc(Br)c1. The number of phenolic OH excluding ortho intramolecular Hbond substituents is 1. The lowest BCUT2D eigenvalue weighted by molar-refractivity contribution is -0.131. The van der Waals surface area contributed by atoms with Gasteiger partial charge in [-0.05, 0) is 42.3 Å². The van der Waals surface area contributed by atoms with Crippen molar-refractivity contribution in [3.05, 3.63) is 64.1 Å². The summed E-state index contributed by atoms with van der Waals surface area (Å²) in [5.41, 5.74) is 1.98. The molecule has 0 bridgehead atoms. The summed E-state index contributed by atoms with van der Waals surface area (Å²) in [4.78, 5) is 14.1. The van der Waals surface area contributed by atoms with Crippen LogP contribution >= 0.6 is 15.9 Å². The third-order valence-corrected chi connectivity index (χ3v) is 4.09. The smallest absolute Gasteiger partial charge is 0.227 e. The van der Waals surface area contributed by atoms with Gasteiger partial charge in [0.2, 0.25) is 5.91 Å². The van der Waals surface area contributed by atoms with E-state index in [0.29, 0.717) is 6.42 Å². The van der Waals surface area contributed by atoms with E-state index in [1.54, 1.807) is 24.1 Å². The maximum absolute atomic E-state index is 12.4. The fraction of sp³-hybridized carbons (Fsp3) is 0.235. The molecule has 1 amide bonds. The lowest BCUT2D eigenvalue weighted by Crippen LogP contribution is -2.30. The summed E-state index contributed by atoms with van der Waals surface area (Å²) in [5.74, 6) is 0.294. The minimum Gasteiger partial charge on any atom is -0.508 e. The van der Waals surface area contributed by atoms with Crippen molar-refractivity contribution in [2.24, 2.45) is 0 Å². The molecule has 0 spiro atoms. The summed E-state index contributed by atoms with van der Waals surface area (Å²) in [6.45, 7) is 1.98. The molecule has 0 heterocycles. The molecule has 2 aromatic carbocycles. The van der Waals surface area contributed by atoms with E-state index in [0.717, 1.165) is 15.6 Å². The first-order valence-corrected chi connectivity index (χ1v) is 7.55. The highest BCUT2D eigenvalue weighted by Crippen LogP contribution is 2.22. The molecule has 0 aliphatic rings. The maximum atomic E-state index is 12.4. The van der Waals surface area contributed by atoms with Crippen LogP contribution in [-0.4, -0.2) is 23.0 Å². The third-order valence-electron chi connectivity index (χ3n) is 3.59. The van der Waals surface area contributed by atoms with E-state index in [1.165, 1.54) is 0 Å². The summed E-state index contributed by atoms with van der Waals surface area (Å²) < 4.78 is 0.974. The zero-order valence-electron chi connectivity index (χ0n) is 12.1. The van der Waals surface area contributed by atoms with E-state index in [9.17, 15) is 9.90 Å². The third kappa shape index (κ3) is 4.08. The topological polar surface area (TPSA) is 40.5 Å². The molecule has 0 aliphatic carbocycles. The number of rotatable bonds is 4. The molecule has 0 saturated carbocycles. The van der Waals surface area contributed by atoms with Gasteiger partial charge in [-0.25, -0.2) is 0 Å². The number of aromatic hydroxyl groups is 1. The van der Waals surface area contributed by atoms with Crippen LogP contribution in [0.2, 0.25) is 0 Å². The second-order valence-electron chi connectivity index (χ2n) is 5.08. The van der Waals surface area contributed by atoms with Crippen LogP contribution in [0.4, 0.5) is 0 Å². The zero-order chi connectivity index (χ0) is 15.4. The van der Waals surface area contributed by atoms with Gasteiger partial charge in [0.1, 0.15) is 5.75 Å². The number of phenols is 1. The molecule has 0 aliphatic heterocycles. The normalized spacial score (nSPS) is 12.0. The van der Waals surface area contributed by atoms with Crippen LogP contribution < -0.4 is 0 Å². The Morgan fingerprint density at radius 1 is 1.24 bits per heavy atom. The Balaban J connectivity index is 2.06. The van der Waals surface area contributed by atoms with E-state index in [2.05, 4.69) is 15.9 Å². The molecule has 0 fully saturated rings. The van der Waals surface area contributed by atoms with Gasteiger partial charge in [0.25, 0.3) is 0 Å². The van der Waals surface area contributed by atoms with Gasteiger partial charge in [-0.2, -0.15) is 0 Å². The Hall–Kier alpha value is -1.81. The van der Waals surface area contributed by atoms with E-state index in [4.69, 9.17) is 0 Å². The number of hydrogen-bond donors (Lipinski definition) is 1. The number of carbonyl (C=O) groups is 1. The number of halogens is 1. The van der Waals surface area contributed by atoms with Crippen LogP contribution in [-0.2, 0) is 11.2 Å². The number of hydrogen-bond acceptors (Lipinski definition) is 2. The molecule has 1 unspecified atom stereocenters. The fourth-order valence-corrected chi connectivity index (χ4v) is 2.59. The van der Waals surface area contributed by atoms with Crippen molar-refractivity contribution in [3.8, 4) is 5.75 Å². The molecule has 1 atom stereocenters. The van der Waals surface area contributed by atoms with Crippen molar-refractivity contribution in [2.45, 2.75) is 19.4 Å². The predicted octanol–water partition coefficient (Wildman–Crippen LogP) is 3.92. The van der Waals surface area contributed by atoms with Crippen molar-refractivity contribution in [3.63, 3.8) is 0 Å². The Morgan fingerprint density at radius 2 is 1.90 bits per heavy atom. The first-order valence-electron chi connectivity index (χ1n) is 6.76. The van der Waals surface area contributed by atoms with Gasteiger partial charge in [-0.1, -0.05) is 40.2 Å². The highest BCUT2D eigenvalue weighted by Gasteiger charge is 2.17. The number of benzene rings is 2. The first kappa shape index (κ1) is 15.6. The Labute approximate surface area is 133 Å². The molecule has 3 nitrogen and oxygen atoms in total. The van der Waals surface area contributed by atoms with E-state index >= 15 is 0 Å². The lowest BCUT2D eigenvalue weighted by atomic mass is 10.1. The van der Waals surface area contributed by atoms with Crippen LogP contribution in [0.15, 0.2) is 53.0 Å². The number of carbonyl (C=O) groups excluding carboxylic acids is 1. The van der Waals surface area contributed by atoms with Gasteiger partial charge in [-0.3, -0.25) is 4.79 Å². The molecular formula is C17H18BrNO2. The predicted molar refractivity (Wildman–Crippen MR) is 87.1 cm³/mol. The van der Waals surface area contributed by atoms with Crippen LogP contribution in [0.3, 0.4) is 0 Å². The Bertz CT molecular complexity index is 625. The average molecular weight is 348 g/mol. The van der Waals surface area contributed by atoms with Crippen molar-refractivity contribution < 1.29 is 9.90 Å². The fourth-order valence-electron chi connectivity index (χ4n) is 2.14. The summed E-state index contributed by atoms with van der Waals surface area (Å²) in [7, 11) is 1.80. The van der Waals surface area contributed by atoms with Gasteiger partial charge in [0, 0.05) is 11.5 Å². The van der Waals surface area contributed by atoms with E-state index < -0.39 is 0 Å². The number of likely N-dealkylation sites (N-methyl/N-ethyl adjacent to an activating group) is 1. The second-order valence-corrected chi connectivity index (χ2v) is 5.99. The average Bonchev–Trinajstić information content (AvgIpc) is 2.46. The largest absolute Gasteiger partial charge is 0.508 e. The molecule has 0 aromatic heterocycles. The van der Waals surface area contributed by atoms with Gasteiger partial charge < -0.3 is 10.0 Å². The Kier molecular flexibility index (Phi) is 5.02. The lowest BCUT2D eigenvalue weighted by Gasteiger charge is -2.25. The molecule has 2 aromatic rings. The molecule has 0 saturated heterocycles. The highest BCUT2D eigenvalue weighted by atomic mass is 79.9. The first-order chi connectivity index (χ1) is 9.97. The molecular weight excluding hydrogens is 330 g/mol. The van der Waals surface area contributed by atoms with Crippen molar-refractivity contribution in [1.82, 2.24) is 4.90 Å². The minimum atomic E-state index is -0.0368. The molecule has 0 radical (unpaired) electrons. The Morgan fingerprint density at radius 3 is 2.52 bits per heavy atom. The molecule has 2 rings (SSSR count). The summed E-state index contributed by atoms with van der Waals surface area (Å²) in [5, 5.41) is 9.32. The quantitative estimate of drug-likeness (QED) is 0.910. The standard InChI is InChI=1S/C17H18BrNO2/c1-12(14-6-8-16(20)9-7-14)19(2)17(21)11-13-4-3-5-15(18)10-13/h3-10,12,20H,11H2,1-2H3. The van der Waals surface area contributed by atoms with Gasteiger partial charge >= 0.3 is 0 Å². The maximum Gasteiger partial charge on any atom is 0.227 e. The summed E-state index contributed by atoms with van der Waals surface area (Å²) in [6, 6.07) is 14.7. The minimum absolute atomic E-state index is 0.0368.